The molecule has 144 valence electrons. The number of nitrogens with one attached hydrogen (secondary N) is 1. The third-order valence-corrected chi connectivity index (χ3v) is 6.34. The van der Waals surface area contributed by atoms with Crippen LogP contribution in [0.5, 0.6) is 0 Å². The van der Waals surface area contributed by atoms with E-state index in [-0.39, 0.29) is 29.8 Å². The highest BCUT2D eigenvalue weighted by atomic mass is 32.2. The molecule has 1 amide bonds. The van der Waals surface area contributed by atoms with Crippen molar-refractivity contribution in [2.75, 3.05) is 33.8 Å². The number of amides is 1. The second-order valence-electron chi connectivity index (χ2n) is 7.35. The Labute approximate surface area is 155 Å². The number of morpholine rings is 1. The van der Waals surface area contributed by atoms with Gasteiger partial charge >= 0.3 is 0 Å². The van der Waals surface area contributed by atoms with Crippen molar-refractivity contribution in [2.45, 2.75) is 36.8 Å². The molecule has 0 bridgehead atoms. The van der Waals surface area contributed by atoms with Gasteiger partial charge in [0.1, 0.15) is 0 Å². The summed E-state index contributed by atoms with van der Waals surface area (Å²) in [5, 5.41) is 0. The number of hydrogen-bond donors (Lipinski definition) is 1. The Bertz CT molecular complexity index is 723. The lowest BCUT2D eigenvalue weighted by atomic mass is 10.1. The minimum atomic E-state index is -3.38. The fourth-order valence-electron chi connectivity index (χ4n) is 3.62. The quantitative estimate of drug-likeness (QED) is 0.773. The summed E-state index contributed by atoms with van der Waals surface area (Å²) in [6.45, 7) is 1.87. The number of fused-ring (bicyclic) bond motifs is 1. The van der Waals surface area contributed by atoms with Crippen molar-refractivity contribution in [3.63, 3.8) is 0 Å². The van der Waals surface area contributed by atoms with Crippen LogP contribution in [0, 0.1) is 0 Å². The lowest BCUT2D eigenvalue weighted by molar-refractivity contribution is -0.134. The Morgan fingerprint density at radius 3 is 2.69 bits per heavy atom. The predicted molar refractivity (Wildman–Crippen MR) is 99.0 cm³/mol. The highest BCUT2D eigenvalue weighted by Crippen LogP contribution is 2.25. The molecule has 3 rings (SSSR count). The van der Waals surface area contributed by atoms with E-state index in [1.165, 1.54) is 0 Å². The maximum Gasteiger partial charge on any atom is 0.224 e. The first-order chi connectivity index (χ1) is 12.3. The zero-order chi connectivity index (χ0) is 18.7. The minimum Gasteiger partial charge on any atom is -0.375 e. The van der Waals surface area contributed by atoms with Gasteiger partial charge in [-0.3, -0.25) is 9.69 Å². The van der Waals surface area contributed by atoms with E-state index in [1.807, 2.05) is 30.3 Å². The van der Waals surface area contributed by atoms with Gasteiger partial charge in [-0.2, -0.15) is 0 Å². The van der Waals surface area contributed by atoms with E-state index in [0.717, 1.165) is 12.0 Å². The molecule has 2 aliphatic heterocycles. The van der Waals surface area contributed by atoms with Crippen LogP contribution in [-0.4, -0.2) is 76.1 Å². The van der Waals surface area contributed by atoms with Crippen molar-refractivity contribution in [1.82, 2.24) is 14.5 Å². The Balaban J connectivity index is 1.53. The van der Waals surface area contributed by atoms with Crippen LogP contribution < -0.4 is 4.72 Å². The summed E-state index contributed by atoms with van der Waals surface area (Å²) in [6, 6.07) is 9.29. The molecular weight excluding hydrogens is 354 g/mol. The molecular formula is C18H27N3O4S. The molecule has 1 aromatic carbocycles. The van der Waals surface area contributed by atoms with Crippen LogP contribution >= 0.6 is 0 Å². The SMILES string of the molecule is CN(C)C(=O)C[C@H]1CN2C[C@H](NS(=O)(=O)Cc3ccccc3)C[C@H]2CO1. The molecule has 2 fully saturated rings. The molecule has 0 aromatic heterocycles. The molecule has 2 aliphatic rings. The zero-order valence-electron chi connectivity index (χ0n) is 15.3. The first-order valence-electron chi connectivity index (χ1n) is 8.92. The molecule has 0 unspecified atom stereocenters. The van der Waals surface area contributed by atoms with E-state index in [4.69, 9.17) is 4.74 Å². The highest BCUT2D eigenvalue weighted by molar-refractivity contribution is 7.88. The van der Waals surface area contributed by atoms with Crippen molar-refractivity contribution >= 4 is 15.9 Å². The number of carbonyl (C=O) groups excluding carboxylic acids is 1. The van der Waals surface area contributed by atoms with Gasteiger partial charge in [0.05, 0.1) is 24.9 Å². The summed E-state index contributed by atoms with van der Waals surface area (Å²) >= 11 is 0. The van der Waals surface area contributed by atoms with E-state index < -0.39 is 10.0 Å². The molecule has 1 N–H and O–H groups in total. The van der Waals surface area contributed by atoms with Crippen LogP contribution in [0.15, 0.2) is 30.3 Å². The van der Waals surface area contributed by atoms with Crippen molar-refractivity contribution in [3.8, 4) is 0 Å². The number of benzene rings is 1. The molecule has 0 aliphatic carbocycles. The zero-order valence-corrected chi connectivity index (χ0v) is 16.1. The van der Waals surface area contributed by atoms with Crippen molar-refractivity contribution in [2.24, 2.45) is 0 Å². The fraction of sp³-hybridized carbons (Fsp3) is 0.611. The highest BCUT2D eigenvalue weighted by Gasteiger charge is 2.39. The lowest BCUT2D eigenvalue weighted by Gasteiger charge is -2.35. The number of ether oxygens (including phenoxy) is 1. The first kappa shape index (κ1) is 19.3. The third-order valence-electron chi connectivity index (χ3n) is 4.94. The molecule has 0 spiro atoms. The molecule has 8 heteroatoms. The van der Waals surface area contributed by atoms with E-state index in [0.29, 0.717) is 26.1 Å². The second-order valence-corrected chi connectivity index (χ2v) is 9.10. The minimum absolute atomic E-state index is 0.00846. The van der Waals surface area contributed by atoms with Crippen LogP contribution in [0.2, 0.25) is 0 Å². The molecule has 1 aromatic rings. The Hall–Kier alpha value is -1.48. The normalized spacial score (nSPS) is 26.5. The molecule has 7 nitrogen and oxygen atoms in total. The van der Waals surface area contributed by atoms with Gasteiger partial charge in [0.2, 0.25) is 15.9 Å². The maximum atomic E-state index is 12.4. The molecule has 3 atom stereocenters. The average molecular weight is 381 g/mol. The summed E-state index contributed by atoms with van der Waals surface area (Å²) in [5.74, 6) is 0.0404. The van der Waals surface area contributed by atoms with Gasteiger partial charge in [0.25, 0.3) is 0 Å². The number of sulfonamides is 1. The summed E-state index contributed by atoms with van der Waals surface area (Å²) in [4.78, 5) is 15.7. The first-order valence-corrected chi connectivity index (χ1v) is 10.6. The number of carbonyl (C=O) groups is 1. The van der Waals surface area contributed by atoms with Crippen molar-refractivity contribution in [3.05, 3.63) is 35.9 Å². The average Bonchev–Trinajstić information content (AvgIpc) is 2.95. The third kappa shape index (κ3) is 5.03. The molecule has 26 heavy (non-hydrogen) atoms. The van der Waals surface area contributed by atoms with Crippen molar-refractivity contribution < 1.29 is 17.9 Å². The van der Waals surface area contributed by atoms with Gasteiger partial charge in [-0.15, -0.1) is 0 Å². The fourth-order valence-corrected chi connectivity index (χ4v) is 5.01. The van der Waals surface area contributed by atoms with Crippen LogP contribution in [-0.2, 0) is 25.3 Å². The van der Waals surface area contributed by atoms with Gasteiger partial charge < -0.3 is 9.64 Å². The largest absolute Gasteiger partial charge is 0.375 e. The smallest absolute Gasteiger partial charge is 0.224 e. The summed E-state index contributed by atoms with van der Waals surface area (Å²) in [7, 11) is 0.0920. The van der Waals surface area contributed by atoms with Gasteiger partial charge in [0, 0.05) is 39.3 Å². The van der Waals surface area contributed by atoms with Crippen molar-refractivity contribution in [1.29, 1.82) is 0 Å². The summed E-state index contributed by atoms with van der Waals surface area (Å²) in [6.07, 6.45) is 0.976. The van der Waals surface area contributed by atoms with Crippen LogP contribution in [0.3, 0.4) is 0 Å². The van der Waals surface area contributed by atoms with E-state index in [2.05, 4.69) is 9.62 Å². The number of nitrogens with zero attached hydrogens (tertiary/aromatic N) is 2. The standard InChI is InChI=1S/C18H27N3O4S/c1-20(2)18(22)9-17-11-21-10-15(8-16(21)12-25-17)19-26(23,24)13-14-6-4-3-5-7-14/h3-7,15-17,19H,8-13H2,1-2H3/t15-,16+,17+/m1/s1. The van der Waals surface area contributed by atoms with Gasteiger partial charge in [-0.1, -0.05) is 30.3 Å². The monoisotopic (exact) mass is 381 g/mol. The van der Waals surface area contributed by atoms with E-state index in [9.17, 15) is 13.2 Å². The van der Waals surface area contributed by atoms with E-state index in [1.54, 1.807) is 19.0 Å². The summed E-state index contributed by atoms with van der Waals surface area (Å²) in [5.41, 5.74) is 0.779. The van der Waals surface area contributed by atoms with Gasteiger partial charge in [-0.25, -0.2) is 13.1 Å². The maximum absolute atomic E-state index is 12.4. The molecule has 0 radical (unpaired) electrons. The Kier molecular flexibility index (Phi) is 5.96. The van der Waals surface area contributed by atoms with Crippen LogP contribution in [0.1, 0.15) is 18.4 Å². The molecule has 2 saturated heterocycles. The number of rotatable bonds is 6. The topological polar surface area (TPSA) is 79.0 Å². The van der Waals surface area contributed by atoms with Gasteiger partial charge in [-0.05, 0) is 12.0 Å². The Morgan fingerprint density at radius 2 is 2.00 bits per heavy atom. The van der Waals surface area contributed by atoms with Gasteiger partial charge in [0.15, 0.2) is 0 Å². The van der Waals surface area contributed by atoms with E-state index >= 15 is 0 Å². The van der Waals surface area contributed by atoms with Crippen LogP contribution in [0.25, 0.3) is 0 Å². The molecule has 2 heterocycles. The Morgan fingerprint density at radius 1 is 1.27 bits per heavy atom. The summed E-state index contributed by atoms with van der Waals surface area (Å²) < 4.78 is 33.5. The molecule has 0 saturated carbocycles. The predicted octanol–water partition coefficient (Wildman–Crippen LogP) is 0.426. The number of hydrogen-bond acceptors (Lipinski definition) is 5. The second kappa shape index (κ2) is 8.04. The van der Waals surface area contributed by atoms with Crippen LogP contribution in [0.4, 0.5) is 0 Å². The lowest BCUT2D eigenvalue weighted by Crippen LogP contribution is -2.47.